The molecule has 0 bridgehead atoms. The van der Waals surface area contributed by atoms with Gasteiger partial charge in [0.1, 0.15) is 0 Å². The Balaban J connectivity index is 1.05. The van der Waals surface area contributed by atoms with Crippen molar-refractivity contribution in [1.82, 2.24) is 8.97 Å². The molecule has 0 spiro atoms. The van der Waals surface area contributed by atoms with Crippen LogP contribution in [-0.4, -0.2) is 8.97 Å². The molecule has 0 aliphatic carbocycles. The van der Waals surface area contributed by atoms with E-state index in [4.69, 9.17) is 0 Å². The van der Waals surface area contributed by atoms with Gasteiger partial charge in [-0.3, -0.25) is 0 Å². The van der Waals surface area contributed by atoms with Crippen LogP contribution < -0.4 is 5.32 Å². The van der Waals surface area contributed by atoms with Crippen molar-refractivity contribution >= 4 is 92.8 Å². The molecule has 1 N–H and O–H groups in total. The van der Waals surface area contributed by atoms with E-state index in [1.165, 1.54) is 98.3 Å². The van der Waals surface area contributed by atoms with Crippen molar-refractivity contribution in [1.29, 1.82) is 0 Å². The molecule has 0 aliphatic rings. The van der Waals surface area contributed by atoms with Gasteiger partial charge in [0.15, 0.2) is 0 Å². The number of para-hydroxylation sites is 4. The molecule has 3 heteroatoms. The number of hydrogen-bond donors (Lipinski definition) is 1. The van der Waals surface area contributed by atoms with E-state index in [-0.39, 0.29) is 0 Å². The topological polar surface area (TPSA) is 21.4 Å². The molecular formula is C50H31N3. The second kappa shape index (κ2) is 10.7. The Hall–Kier alpha value is -7.10. The summed E-state index contributed by atoms with van der Waals surface area (Å²) in [5.41, 5.74) is 11.9. The largest absolute Gasteiger partial charge is 0.355 e. The van der Waals surface area contributed by atoms with Gasteiger partial charge in [0, 0.05) is 54.9 Å². The molecule has 53 heavy (non-hydrogen) atoms. The molecule has 12 rings (SSSR count). The van der Waals surface area contributed by atoms with E-state index in [1.807, 2.05) is 0 Å². The molecule has 246 valence electrons. The molecule has 0 atom stereocenters. The standard InChI is InChI=1S/C50H31N3/c1-2-11-31(12-3-1)38-13-4-7-18-45(38)51-36-23-21-32-27-43-41-16-10-17-42-44-28-33-22-24-37(52-46-19-8-5-14-39(46)40-15-6-9-20-47(40)52)26-35(33)30-49(44)53(50(41)42)48(43)29-34(32)25-36/h1-30,51H. The molecule has 0 amide bonds. The van der Waals surface area contributed by atoms with E-state index in [2.05, 4.69) is 196 Å². The Labute approximate surface area is 304 Å². The number of hydrogen-bond acceptors (Lipinski definition) is 1. The maximum absolute atomic E-state index is 3.74. The van der Waals surface area contributed by atoms with Crippen LogP contribution in [0.1, 0.15) is 0 Å². The summed E-state index contributed by atoms with van der Waals surface area (Å²) >= 11 is 0. The van der Waals surface area contributed by atoms with Crippen molar-refractivity contribution in [3.8, 4) is 16.8 Å². The Morgan fingerprint density at radius 2 is 0.943 bits per heavy atom. The molecular weight excluding hydrogens is 643 g/mol. The molecule has 0 saturated heterocycles. The lowest BCUT2D eigenvalue weighted by Gasteiger charge is -2.13. The number of anilines is 2. The number of aromatic nitrogens is 2. The second-order valence-electron chi connectivity index (χ2n) is 14.3. The summed E-state index contributed by atoms with van der Waals surface area (Å²) in [6.07, 6.45) is 0. The molecule has 0 fully saturated rings. The minimum Gasteiger partial charge on any atom is -0.355 e. The van der Waals surface area contributed by atoms with Gasteiger partial charge in [0.2, 0.25) is 0 Å². The van der Waals surface area contributed by atoms with Gasteiger partial charge < -0.3 is 14.3 Å². The monoisotopic (exact) mass is 673 g/mol. The Morgan fingerprint density at radius 1 is 0.358 bits per heavy atom. The quantitative estimate of drug-likeness (QED) is 0.197. The summed E-state index contributed by atoms with van der Waals surface area (Å²) < 4.78 is 4.91. The summed E-state index contributed by atoms with van der Waals surface area (Å²) in [7, 11) is 0. The highest BCUT2D eigenvalue weighted by Gasteiger charge is 2.19. The van der Waals surface area contributed by atoms with Gasteiger partial charge in [0.25, 0.3) is 0 Å². The van der Waals surface area contributed by atoms with Crippen LogP contribution in [0.25, 0.3) is 98.3 Å². The lowest BCUT2D eigenvalue weighted by atomic mass is 10.0. The summed E-state index contributed by atoms with van der Waals surface area (Å²) in [5, 5.41) is 16.4. The van der Waals surface area contributed by atoms with Crippen LogP contribution in [0.15, 0.2) is 182 Å². The zero-order valence-corrected chi connectivity index (χ0v) is 28.7. The lowest BCUT2D eigenvalue weighted by molar-refractivity contribution is 1.19. The van der Waals surface area contributed by atoms with Crippen molar-refractivity contribution in [2.75, 3.05) is 5.32 Å². The summed E-state index contributed by atoms with van der Waals surface area (Å²) in [6.45, 7) is 0. The molecule has 0 unspecified atom stereocenters. The highest BCUT2D eigenvalue weighted by Crippen LogP contribution is 2.42. The predicted octanol–water partition coefficient (Wildman–Crippen LogP) is 13.7. The van der Waals surface area contributed by atoms with Crippen LogP contribution >= 0.6 is 0 Å². The summed E-state index contributed by atoms with van der Waals surface area (Å²) in [5.74, 6) is 0. The van der Waals surface area contributed by atoms with Gasteiger partial charge in [0.05, 0.1) is 27.6 Å². The number of benzene rings is 9. The van der Waals surface area contributed by atoms with Crippen molar-refractivity contribution in [2.45, 2.75) is 0 Å². The van der Waals surface area contributed by atoms with Crippen LogP contribution in [0.3, 0.4) is 0 Å². The Morgan fingerprint density at radius 3 is 1.66 bits per heavy atom. The average Bonchev–Trinajstić information content (AvgIpc) is 3.84. The zero-order valence-electron chi connectivity index (χ0n) is 28.7. The van der Waals surface area contributed by atoms with E-state index in [0.29, 0.717) is 0 Å². The number of fused-ring (bicyclic) bond motifs is 11. The summed E-state index contributed by atoms with van der Waals surface area (Å²) in [6, 6.07) is 66.6. The molecule has 0 radical (unpaired) electrons. The van der Waals surface area contributed by atoms with Crippen LogP contribution in [0.2, 0.25) is 0 Å². The number of rotatable bonds is 4. The fourth-order valence-corrected chi connectivity index (χ4v) is 8.98. The fraction of sp³-hybridized carbons (Fsp3) is 0. The first-order chi connectivity index (χ1) is 26.3. The van der Waals surface area contributed by atoms with Crippen LogP contribution in [0.5, 0.6) is 0 Å². The first-order valence-electron chi connectivity index (χ1n) is 18.3. The molecule has 3 heterocycles. The van der Waals surface area contributed by atoms with Gasteiger partial charge in [-0.15, -0.1) is 0 Å². The minimum absolute atomic E-state index is 1.07. The number of nitrogens with zero attached hydrogens (tertiary/aromatic N) is 2. The molecule has 9 aromatic carbocycles. The highest BCUT2D eigenvalue weighted by atomic mass is 15.0. The van der Waals surface area contributed by atoms with Gasteiger partial charge in [-0.25, -0.2) is 0 Å². The maximum atomic E-state index is 3.74. The first-order valence-corrected chi connectivity index (χ1v) is 18.3. The lowest BCUT2D eigenvalue weighted by Crippen LogP contribution is -1.93. The second-order valence-corrected chi connectivity index (χ2v) is 14.3. The Bertz CT molecular complexity index is 3370. The fourth-order valence-electron chi connectivity index (χ4n) is 8.98. The smallest absolute Gasteiger partial charge is 0.0620 e. The average molecular weight is 674 g/mol. The maximum Gasteiger partial charge on any atom is 0.0620 e. The third-order valence-corrected chi connectivity index (χ3v) is 11.3. The zero-order chi connectivity index (χ0) is 34.6. The SMILES string of the molecule is c1ccc(-c2ccccc2Nc2ccc3cc4c5cccc6c7cc8ccc(-n9c%10ccccc%10c%10ccccc%109)cc8cc7n(c4cc3c2)c56)cc1. The molecule has 3 nitrogen and oxygen atoms in total. The van der Waals surface area contributed by atoms with E-state index in [9.17, 15) is 0 Å². The predicted molar refractivity (Wildman–Crippen MR) is 226 cm³/mol. The molecule has 0 saturated carbocycles. The molecule has 3 aromatic heterocycles. The van der Waals surface area contributed by atoms with Crippen LogP contribution in [0.4, 0.5) is 11.4 Å². The molecule has 0 aliphatic heterocycles. The Kier molecular flexibility index (Phi) is 5.77. The van der Waals surface area contributed by atoms with Gasteiger partial charge in [-0.1, -0.05) is 115 Å². The molecule has 12 aromatic rings. The van der Waals surface area contributed by atoms with Crippen molar-refractivity contribution in [2.24, 2.45) is 0 Å². The van der Waals surface area contributed by atoms with Gasteiger partial charge in [-0.2, -0.15) is 0 Å². The van der Waals surface area contributed by atoms with Crippen LogP contribution in [0, 0.1) is 0 Å². The van der Waals surface area contributed by atoms with Crippen LogP contribution in [-0.2, 0) is 0 Å². The third-order valence-electron chi connectivity index (χ3n) is 11.3. The van der Waals surface area contributed by atoms with Crippen molar-refractivity contribution < 1.29 is 0 Å². The number of nitrogens with one attached hydrogen (secondary N) is 1. The van der Waals surface area contributed by atoms with Crippen molar-refractivity contribution in [3.63, 3.8) is 0 Å². The van der Waals surface area contributed by atoms with Gasteiger partial charge in [-0.05, 0) is 93.8 Å². The van der Waals surface area contributed by atoms with E-state index >= 15 is 0 Å². The summed E-state index contributed by atoms with van der Waals surface area (Å²) in [4.78, 5) is 0. The van der Waals surface area contributed by atoms with E-state index < -0.39 is 0 Å². The minimum atomic E-state index is 1.07. The van der Waals surface area contributed by atoms with Gasteiger partial charge >= 0.3 is 0 Å². The highest BCUT2D eigenvalue weighted by molar-refractivity contribution is 6.26. The first kappa shape index (κ1) is 28.6. The van der Waals surface area contributed by atoms with E-state index in [0.717, 1.165) is 11.4 Å². The third kappa shape index (κ3) is 4.10. The van der Waals surface area contributed by atoms with Crippen molar-refractivity contribution in [3.05, 3.63) is 182 Å². The normalized spacial score (nSPS) is 12.2. The van der Waals surface area contributed by atoms with E-state index in [1.54, 1.807) is 0 Å².